The Bertz CT molecular complexity index is 710. The quantitative estimate of drug-likeness (QED) is 0.173. The van der Waals surface area contributed by atoms with E-state index in [1.807, 2.05) is 0 Å². The summed E-state index contributed by atoms with van der Waals surface area (Å²) in [5.41, 5.74) is 0. The minimum Gasteiger partial charge on any atom is -0.477 e. The van der Waals surface area contributed by atoms with Crippen molar-refractivity contribution in [3.8, 4) is 0 Å². The van der Waals surface area contributed by atoms with Gasteiger partial charge in [-0.3, -0.25) is 19.2 Å². The van der Waals surface area contributed by atoms with Crippen LogP contribution >= 0.6 is 0 Å². The first kappa shape index (κ1) is 26.2. The number of carboxylic acids is 1. The van der Waals surface area contributed by atoms with Gasteiger partial charge in [0, 0.05) is 27.2 Å². The fourth-order valence-electron chi connectivity index (χ4n) is 2.95. The number of carbonyl (C=O) groups excluding carboxylic acids is 4. The van der Waals surface area contributed by atoms with Gasteiger partial charge in [0.2, 0.25) is 5.91 Å². The highest BCUT2D eigenvalue weighted by Crippen LogP contribution is 2.32. The molecule has 31 heavy (non-hydrogen) atoms. The van der Waals surface area contributed by atoms with Gasteiger partial charge < -0.3 is 44.7 Å². The number of hydrogen-bond acceptors (Lipinski definition) is 12. The normalized spacial score (nSPS) is 27.4. The van der Waals surface area contributed by atoms with Crippen LogP contribution in [0, 0.1) is 0 Å². The second kappa shape index (κ2) is 11.0. The van der Waals surface area contributed by atoms with E-state index < -0.39 is 85.7 Å². The summed E-state index contributed by atoms with van der Waals surface area (Å²) in [5, 5.41) is 41.1. The fourth-order valence-corrected chi connectivity index (χ4v) is 2.95. The molecule has 14 nitrogen and oxygen atoms in total. The minimum absolute atomic E-state index is 0.672. The Kier molecular flexibility index (Phi) is 9.30. The van der Waals surface area contributed by atoms with E-state index in [0.717, 1.165) is 20.8 Å². The van der Waals surface area contributed by atoms with Crippen molar-refractivity contribution < 1.29 is 63.3 Å². The van der Waals surface area contributed by atoms with Crippen molar-refractivity contribution in [3.05, 3.63) is 0 Å². The summed E-state index contributed by atoms with van der Waals surface area (Å²) >= 11 is 0. The molecule has 1 amide bonds. The lowest BCUT2D eigenvalue weighted by Gasteiger charge is -2.45. The lowest BCUT2D eigenvalue weighted by Crippen LogP contribution is -2.68. The van der Waals surface area contributed by atoms with Gasteiger partial charge in [-0.15, -0.1) is 0 Å². The van der Waals surface area contributed by atoms with Gasteiger partial charge in [-0.05, 0) is 0 Å². The van der Waals surface area contributed by atoms with Crippen molar-refractivity contribution in [2.24, 2.45) is 0 Å². The third-order valence-electron chi connectivity index (χ3n) is 4.15. The van der Waals surface area contributed by atoms with Crippen LogP contribution in [0.15, 0.2) is 0 Å². The van der Waals surface area contributed by atoms with Gasteiger partial charge in [-0.25, -0.2) is 4.79 Å². The second-order valence-corrected chi connectivity index (χ2v) is 6.72. The van der Waals surface area contributed by atoms with Gasteiger partial charge in [0.15, 0.2) is 12.2 Å². The highest BCUT2D eigenvalue weighted by atomic mass is 16.7. The van der Waals surface area contributed by atoms with Crippen LogP contribution in [-0.4, -0.2) is 99.7 Å². The van der Waals surface area contributed by atoms with E-state index in [-0.39, 0.29) is 0 Å². The molecular formula is C17H25NO13. The molecule has 0 bridgehead atoms. The third kappa shape index (κ3) is 7.43. The Morgan fingerprint density at radius 1 is 1.10 bits per heavy atom. The highest BCUT2D eigenvalue weighted by Gasteiger charge is 2.56. The minimum atomic E-state index is -2.97. The van der Waals surface area contributed by atoms with Gasteiger partial charge in [0.25, 0.3) is 5.79 Å². The summed E-state index contributed by atoms with van der Waals surface area (Å²) in [7, 11) is 0. The molecule has 3 unspecified atom stereocenters. The number of ether oxygens (including phenoxy) is 4. The number of esters is 3. The van der Waals surface area contributed by atoms with Gasteiger partial charge in [0.1, 0.15) is 19.3 Å². The van der Waals surface area contributed by atoms with Crippen LogP contribution in [0.5, 0.6) is 0 Å². The SMILES string of the molecule is CC(=O)OCC(OC(C)=O)C(OC(C)=O)[C@@H]1OC(O)(C(=O)O)C[C@H](O)[C@H]1NC(=O)CO. The van der Waals surface area contributed by atoms with Crippen molar-refractivity contribution in [2.75, 3.05) is 13.2 Å². The number of nitrogens with one attached hydrogen (secondary N) is 1. The number of carboxylic acid groups (broad SMARTS) is 1. The predicted octanol–water partition coefficient (Wildman–Crippen LogP) is -3.19. The number of amides is 1. The molecule has 0 saturated carbocycles. The molecule has 0 aliphatic carbocycles. The van der Waals surface area contributed by atoms with Gasteiger partial charge >= 0.3 is 23.9 Å². The molecule has 5 N–H and O–H groups in total. The van der Waals surface area contributed by atoms with Crippen LogP contribution in [0.25, 0.3) is 0 Å². The molecule has 1 rings (SSSR count). The summed E-state index contributed by atoms with van der Waals surface area (Å²) in [6.07, 6.45) is -7.81. The number of rotatable bonds is 9. The van der Waals surface area contributed by atoms with E-state index in [1.54, 1.807) is 0 Å². The summed E-state index contributed by atoms with van der Waals surface area (Å²) in [6, 6.07) is -1.53. The molecule has 0 aromatic rings. The maximum atomic E-state index is 11.7. The summed E-state index contributed by atoms with van der Waals surface area (Å²) in [6.45, 7) is 1.29. The lowest BCUT2D eigenvalue weighted by molar-refractivity contribution is -0.297. The van der Waals surface area contributed by atoms with Crippen LogP contribution in [0.1, 0.15) is 27.2 Å². The second-order valence-electron chi connectivity index (χ2n) is 6.72. The average Bonchev–Trinajstić information content (AvgIpc) is 2.64. The lowest BCUT2D eigenvalue weighted by atomic mass is 9.88. The average molecular weight is 451 g/mol. The first-order valence-corrected chi connectivity index (χ1v) is 9.00. The number of hydrogen-bond donors (Lipinski definition) is 5. The van der Waals surface area contributed by atoms with Gasteiger partial charge in [-0.2, -0.15) is 0 Å². The Hall–Kier alpha value is -2.81. The standard InChI is InChI=1S/C17H25NO13/c1-7(20)28-6-11(29-8(2)21)14(30-9(3)22)15-13(18-12(24)5-19)10(23)4-17(27,31-15)16(25)26/h10-11,13-15,19,23,27H,4-6H2,1-3H3,(H,18,24)(H,25,26)/t10-,11?,13+,14?,15+,17?/m0/s1. The molecule has 1 aliphatic rings. The summed E-state index contributed by atoms with van der Waals surface area (Å²) in [4.78, 5) is 57.6. The van der Waals surface area contributed by atoms with Crippen LogP contribution in [-0.2, 0) is 42.9 Å². The Morgan fingerprint density at radius 2 is 1.68 bits per heavy atom. The molecule has 0 aromatic carbocycles. The molecule has 0 spiro atoms. The molecule has 1 heterocycles. The van der Waals surface area contributed by atoms with E-state index in [0.29, 0.717) is 0 Å². The zero-order valence-corrected chi connectivity index (χ0v) is 17.0. The maximum Gasteiger partial charge on any atom is 0.364 e. The van der Waals surface area contributed by atoms with Crippen LogP contribution in [0.2, 0.25) is 0 Å². The summed E-state index contributed by atoms with van der Waals surface area (Å²) in [5.74, 6) is -8.55. The molecule has 14 heteroatoms. The molecule has 176 valence electrons. The van der Waals surface area contributed by atoms with Crippen LogP contribution in [0.3, 0.4) is 0 Å². The van der Waals surface area contributed by atoms with E-state index in [2.05, 4.69) is 5.32 Å². The molecule has 1 fully saturated rings. The molecule has 0 aromatic heterocycles. The van der Waals surface area contributed by atoms with Crippen molar-refractivity contribution in [3.63, 3.8) is 0 Å². The number of aliphatic hydroxyl groups excluding tert-OH is 2. The van der Waals surface area contributed by atoms with Crippen molar-refractivity contribution in [1.29, 1.82) is 0 Å². The van der Waals surface area contributed by atoms with Crippen LogP contribution in [0.4, 0.5) is 0 Å². The van der Waals surface area contributed by atoms with Crippen molar-refractivity contribution >= 4 is 29.8 Å². The monoisotopic (exact) mass is 451 g/mol. The highest BCUT2D eigenvalue weighted by molar-refractivity contribution is 5.78. The van der Waals surface area contributed by atoms with E-state index in [9.17, 15) is 39.3 Å². The molecular weight excluding hydrogens is 426 g/mol. The third-order valence-corrected chi connectivity index (χ3v) is 4.15. The Balaban J connectivity index is 3.46. The Labute approximate surface area is 176 Å². The molecule has 6 atom stereocenters. The largest absolute Gasteiger partial charge is 0.477 e. The Morgan fingerprint density at radius 3 is 2.13 bits per heavy atom. The number of aliphatic hydroxyl groups is 3. The molecule has 0 radical (unpaired) electrons. The topological polar surface area (TPSA) is 215 Å². The molecule has 1 saturated heterocycles. The van der Waals surface area contributed by atoms with E-state index in [1.165, 1.54) is 0 Å². The maximum absolute atomic E-state index is 11.7. The molecule has 1 aliphatic heterocycles. The van der Waals surface area contributed by atoms with Crippen molar-refractivity contribution in [1.82, 2.24) is 5.32 Å². The fraction of sp³-hybridized carbons (Fsp3) is 0.706. The zero-order valence-electron chi connectivity index (χ0n) is 17.0. The van der Waals surface area contributed by atoms with E-state index >= 15 is 0 Å². The predicted molar refractivity (Wildman–Crippen MR) is 94.8 cm³/mol. The zero-order chi connectivity index (χ0) is 23.9. The first-order valence-electron chi connectivity index (χ1n) is 9.00. The van der Waals surface area contributed by atoms with Gasteiger partial charge in [-0.1, -0.05) is 0 Å². The van der Waals surface area contributed by atoms with Gasteiger partial charge in [0.05, 0.1) is 12.1 Å². The first-order chi connectivity index (χ1) is 14.3. The number of aliphatic carboxylic acids is 1. The smallest absolute Gasteiger partial charge is 0.364 e. The number of carbonyl (C=O) groups is 5. The van der Waals surface area contributed by atoms with Crippen LogP contribution < -0.4 is 5.32 Å². The van der Waals surface area contributed by atoms with Crippen molar-refractivity contribution in [2.45, 2.75) is 63.4 Å². The van der Waals surface area contributed by atoms with E-state index in [4.69, 9.17) is 24.1 Å². The summed E-state index contributed by atoms with van der Waals surface area (Å²) < 4.78 is 20.1.